The lowest BCUT2D eigenvalue weighted by Crippen LogP contribution is -2.27. The van der Waals surface area contributed by atoms with Crippen molar-refractivity contribution in [2.45, 2.75) is 51.6 Å². The van der Waals surface area contributed by atoms with Crippen molar-refractivity contribution in [3.05, 3.63) is 0 Å². The number of hydrogen-bond donors (Lipinski definition) is 0. The molecule has 0 amide bonds. The first-order valence-corrected chi connectivity index (χ1v) is 6.07. The maximum Gasteiger partial charge on any atom is 0.163 e. The van der Waals surface area contributed by atoms with Gasteiger partial charge in [0, 0.05) is 13.0 Å². The summed E-state index contributed by atoms with van der Waals surface area (Å²) < 4.78 is 17.1. The van der Waals surface area contributed by atoms with Crippen LogP contribution in [0.2, 0.25) is 0 Å². The third-order valence-corrected chi connectivity index (χ3v) is 3.65. The van der Waals surface area contributed by atoms with Crippen LogP contribution in [0, 0.1) is 11.8 Å². The molecule has 15 heavy (non-hydrogen) atoms. The minimum Gasteiger partial charge on any atom is -0.375 e. The molecule has 0 aromatic heterocycles. The van der Waals surface area contributed by atoms with Crippen molar-refractivity contribution in [1.29, 1.82) is 0 Å². The SMILES string of the molecule is CCCC[C@H]1O[C@H](OC)[C@@H]2[C@H]1OC[C@@H]2C. The molecular formula is C12H22O3. The minimum absolute atomic E-state index is 0.0469. The van der Waals surface area contributed by atoms with Crippen molar-refractivity contribution < 1.29 is 14.2 Å². The van der Waals surface area contributed by atoms with Gasteiger partial charge in [-0.15, -0.1) is 0 Å². The molecule has 0 aromatic carbocycles. The van der Waals surface area contributed by atoms with Crippen LogP contribution in [0.5, 0.6) is 0 Å². The van der Waals surface area contributed by atoms with Crippen molar-refractivity contribution >= 4 is 0 Å². The Balaban J connectivity index is 1.98. The second-order valence-electron chi connectivity index (χ2n) is 4.77. The molecule has 3 heteroatoms. The van der Waals surface area contributed by atoms with Crippen LogP contribution < -0.4 is 0 Å². The van der Waals surface area contributed by atoms with Crippen LogP contribution in [0.25, 0.3) is 0 Å². The molecule has 0 unspecified atom stereocenters. The van der Waals surface area contributed by atoms with Gasteiger partial charge in [-0.3, -0.25) is 0 Å². The van der Waals surface area contributed by atoms with Gasteiger partial charge in [0.25, 0.3) is 0 Å². The van der Waals surface area contributed by atoms with Crippen LogP contribution >= 0.6 is 0 Å². The zero-order valence-corrected chi connectivity index (χ0v) is 9.94. The molecule has 88 valence electrons. The van der Waals surface area contributed by atoms with Crippen LogP contribution in [0.15, 0.2) is 0 Å². The summed E-state index contributed by atoms with van der Waals surface area (Å²) in [5, 5.41) is 0. The van der Waals surface area contributed by atoms with E-state index in [0.717, 1.165) is 13.0 Å². The lowest BCUT2D eigenvalue weighted by atomic mass is 9.90. The average molecular weight is 214 g/mol. The largest absolute Gasteiger partial charge is 0.375 e. The van der Waals surface area contributed by atoms with Gasteiger partial charge in [-0.2, -0.15) is 0 Å². The first-order chi connectivity index (χ1) is 7.27. The van der Waals surface area contributed by atoms with E-state index in [4.69, 9.17) is 14.2 Å². The van der Waals surface area contributed by atoms with Gasteiger partial charge in [0.05, 0.1) is 18.8 Å². The van der Waals surface area contributed by atoms with E-state index in [1.165, 1.54) is 12.8 Å². The highest BCUT2D eigenvalue weighted by atomic mass is 16.7. The predicted octanol–water partition coefficient (Wildman–Crippen LogP) is 2.20. The van der Waals surface area contributed by atoms with Crippen LogP contribution in [0.3, 0.4) is 0 Å². The number of fused-ring (bicyclic) bond motifs is 1. The zero-order valence-electron chi connectivity index (χ0n) is 9.94. The Labute approximate surface area is 92.1 Å². The summed E-state index contributed by atoms with van der Waals surface area (Å²) in [7, 11) is 1.73. The van der Waals surface area contributed by atoms with Crippen LogP contribution in [-0.2, 0) is 14.2 Å². The molecule has 0 saturated carbocycles. The van der Waals surface area contributed by atoms with E-state index in [-0.39, 0.29) is 18.5 Å². The lowest BCUT2D eigenvalue weighted by molar-refractivity contribution is -0.144. The molecule has 0 N–H and O–H groups in total. The Morgan fingerprint density at radius 2 is 2.20 bits per heavy atom. The highest BCUT2D eigenvalue weighted by Gasteiger charge is 2.51. The molecule has 2 fully saturated rings. The highest BCUT2D eigenvalue weighted by molar-refractivity contribution is 4.94. The minimum atomic E-state index is -0.0469. The van der Waals surface area contributed by atoms with E-state index in [2.05, 4.69) is 13.8 Å². The summed E-state index contributed by atoms with van der Waals surface area (Å²) in [6.45, 7) is 5.29. The number of methoxy groups -OCH3 is 1. The van der Waals surface area contributed by atoms with E-state index in [1.54, 1.807) is 7.11 Å². The van der Waals surface area contributed by atoms with Crippen molar-refractivity contribution in [2.24, 2.45) is 11.8 Å². The maximum atomic E-state index is 5.90. The quantitative estimate of drug-likeness (QED) is 0.718. The topological polar surface area (TPSA) is 27.7 Å². The Bertz CT molecular complexity index is 207. The molecule has 0 spiro atoms. The molecule has 2 heterocycles. The Morgan fingerprint density at radius 3 is 2.87 bits per heavy atom. The molecule has 5 atom stereocenters. The van der Waals surface area contributed by atoms with Gasteiger partial charge in [-0.1, -0.05) is 26.7 Å². The molecule has 0 aromatic rings. The van der Waals surface area contributed by atoms with Crippen molar-refractivity contribution in [2.75, 3.05) is 13.7 Å². The molecule has 0 radical (unpaired) electrons. The smallest absolute Gasteiger partial charge is 0.163 e. The summed E-state index contributed by atoms with van der Waals surface area (Å²) in [6.07, 6.45) is 4.01. The third kappa shape index (κ3) is 2.05. The number of ether oxygens (including phenoxy) is 3. The van der Waals surface area contributed by atoms with E-state index in [1.807, 2.05) is 0 Å². The Kier molecular flexibility index (Phi) is 3.65. The van der Waals surface area contributed by atoms with E-state index >= 15 is 0 Å². The third-order valence-electron chi connectivity index (χ3n) is 3.65. The summed E-state index contributed by atoms with van der Waals surface area (Å²) in [5.41, 5.74) is 0. The number of rotatable bonds is 4. The molecule has 2 aliphatic rings. The molecule has 2 aliphatic heterocycles. The zero-order chi connectivity index (χ0) is 10.8. The van der Waals surface area contributed by atoms with Crippen molar-refractivity contribution in [3.8, 4) is 0 Å². The molecule has 0 aliphatic carbocycles. The summed E-state index contributed by atoms with van der Waals surface area (Å²) in [6, 6.07) is 0. The second-order valence-corrected chi connectivity index (χ2v) is 4.77. The van der Waals surface area contributed by atoms with Crippen LogP contribution in [0.1, 0.15) is 33.1 Å². The fourth-order valence-electron chi connectivity index (χ4n) is 2.78. The molecule has 0 bridgehead atoms. The van der Waals surface area contributed by atoms with Gasteiger partial charge in [-0.25, -0.2) is 0 Å². The fraction of sp³-hybridized carbons (Fsp3) is 1.00. The van der Waals surface area contributed by atoms with E-state index in [9.17, 15) is 0 Å². The van der Waals surface area contributed by atoms with Gasteiger partial charge in [0.15, 0.2) is 6.29 Å². The van der Waals surface area contributed by atoms with Gasteiger partial charge >= 0.3 is 0 Å². The van der Waals surface area contributed by atoms with Crippen LogP contribution in [-0.4, -0.2) is 32.2 Å². The second kappa shape index (κ2) is 4.81. The summed E-state index contributed by atoms with van der Waals surface area (Å²) in [5.74, 6) is 1.00. The molecule has 3 nitrogen and oxygen atoms in total. The molecule has 2 saturated heterocycles. The normalized spacial score (nSPS) is 44.6. The summed E-state index contributed by atoms with van der Waals surface area (Å²) in [4.78, 5) is 0. The standard InChI is InChI=1S/C12H22O3/c1-4-5-6-9-11-10(8(2)7-14-11)12(13-3)15-9/h8-12H,4-7H2,1-3H3/t8-,9+,10-,11-,12-/m0/s1. The Hall–Kier alpha value is -0.120. The van der Waals surface area contributed by atoms with Gasteiger partial charge < -0.3 is 14.2 Å². The van der Waals surface area contributed by atoms with Gasteiger partial charge in [0.1, 0.15) is 0 Å². The fourth-order valence-corrected chi connectivity index (χ4v) is 2.78. The maximum absolute atomic E-state index is 5.90. The first-order valence-electron chi connectivity index (χ1n) is 6.07. The van der Waals surface area contributed by atoms with E-state index in [0.29, 0.717) is 11.8 Å². The van der Waals surface area contributed by atoms with Crippen molar-refractivity contribution in [1.82, 2.24) is 0 Å². The number of unbranched alkanes of at least 4 members (excludes halogenated alkanes) is 1. The Morgan fingerprint density at radius 1 is 1.40 bits per heavy atom. The molecular weight excluding hydrogens is 192 g/mol. The van der Waals surface area contributed by atoms with Crippen LogP contribution in [0.4, 0.5) is 0 Å². The van der Waals surface area contributed by atoms with Crippen molar-refractivity contribution in [3.63, 3.8) is 0 Å². The predicted molar refractivity (Wildman–Crippen MR) is 57.6 cm³/mol. The van der Waals surface area contributed by atoms with Gasteiger partial charge in [0.2, 0.25) is 0 Å². The van der Waals surface area contributed by atoms with Gasteiger partial charge in [-0.05, 0) is 12.3 Å². The van der Waals surface area contributed by atoms with E-state index < -0.39 is 0 Å². The molecule has 2 rings (SSSR count). The first kappa shape index (κ1) is 11.4. The summed E-state index contributed by atoms with van der Waals surface area (Å²) >= 11 is 0. The number of hydrogen-bond acceptors (Lipinski definition) is 3. The highest BCUT2D eigenvalue weighted by Crippen LogP contribution is 2.41. The average Bonchev–Trinajstić information content (AvgIpc) is 2.77. The lowest BCUT2D eigenvalue weighted by Gasteiger charge is -2.17. The monoisotopic (exact) mass is 214 g/mol.